The molecule has 0 spiro atoms. The lowest BCUT2D eigenvalue weighted by Crippen LogP contribution is -2.31. The number of rotatable bonds is 9. The highest BCUT2D eigenvalue weighted by Gasteiger charge is 2.21. The van der Waals surface area contributed by atoms with Gasteiger partial charge < -0.3 is 19.4 Å². The fourth-order valence-electron chi connectivity index (χ4n) is 2.95. The Hall–Kier alpha value is -3.28. The lowest BCUT2D eigenvalue weighted by molar-refractivity contribution is -0.121. The van der Waals surface area contributed by atoms with Gasteiger partial charge in [0, 0.05) is 25.9 Å². The molecule has 6 nitrogen and oxygen atoms in total. The number of ether oxygens (including phenoxy) is 2. The van der Waals surface area contributed by atoms with E-state index in [-0.39, 0.29) is 11.9 Å². The van der Waals surface area contributed by atoms with Gasteiger partial charge in [-0.2, -0.15) is 0 Å². The molecular formula is C22H25N3O3. The van der Waals surface area contributed by atoms with Crippen molar-refractivity contribution < 1.29 is 14.3 Å². The summed E-state index contributed by atoms with van der Waals surface area (Å²) in [6.45, 7) is 0.490. The SMILES string of the molecule is COc1cccc(C(NC(=O)CCCOc2ccccc2)c2nccn2C)c1. The summed E-state index contributed by atoms with van der Waals surface area (Å²) >= 11 is 0. The Morgan fingerprint density at radius 3 is 2.64 bits per heavy atom. The van der Waals surface area contributed by atoms with Crippen LogP contribution in [0.3, 0.4) is 0 Å². The molecule has 146 valence electrons. The fourth-order valence-corrected chi connectivity index (χ4v) is 2.95. The number of benzene rings is 2. The van der Waals surface area contributed by atoms with Crippen LogP contribution in [0.5, 0.6) is 11.5 Å². The number of carbonyl (C=O) groups is 1. The van der Waals surface area contributed by atoms with Crippen LogP contribution in [0.15, 0.2) is 67.0 Å². The van der Waals surface area contributed by atoms with Gasteiger partial charge >= 0.3 is 0 Å². The van der Waals surface area contributed by atoms with Crippen molar-refractivity contribution in [2.45, 2.75) is 18.9 Å². The van der Waals surface area contributed by atoms with E-state index in [1.807, 2.05) is 72.4 Å². The van der Waals surface area contributed by atoms with Crippen molar-refractivity contribution in [3.05, 3.63) is 78.4 Å². The molecule has 2 aromatic carbocycles. The molecule has 1 N–H and O–H groups in total. The van der Waals surface area contributed by atoms with Crippen molar-refractivity contribution in [2.24, 2.45) is 7.05 Å². The Kier molecular flexibility index (Phi) is 6.68. The predicted molar refractivity (Wildman–Crippen MR) is 107 cm³/mol. The molecule has 0 bridgehead atoms. The molecule has 0 radical (unpaired) electrons. The van der Waals surface area contributed by atoms with Gasteiger partial charge in [0.2, 0.25) is 5.91 Å². The summed E-state index contributed by atoms with van der Waals surface area (Å²) in [7, 11) is 3.54. The van der Waals surface area contributed by atoms with Gasteiger partial charge in [-0.3, -0.25) is 4.79 Å². The number of hydrogen-bond acceptors (Lipinski definition) is 4. The maximum absolute atomic E-state index is 12.6. The molecule has 3 rings (SSSR count). The Bertz CT molecular complexity index is 893. The van der Waals surface area contributed by atoms with Crippen LogP contribution in [0.25, 0.3) is 0 Å². The number of para-hydroxylation sites is 1. The minimum absolute atomic E-state index is 0.0486. The fraction of sp³-hybridized carbons (Fsp3) is 0.273. The first-order chi connectivity index (χ1) is 13.7. The molecule has 3 aromatic rings. The molecule has 0 aliphatic rings. The Labute approximate surface area is 165 Å². The summed E-state index contributed by atoms with van der Waals surface area (Å²) < 4.78 is 12.9. The van der Waals surface area contributed by atoms with Gasteiger partial charge in [-0.05, 0) is 36.2 Å². The number of nitrogens with zero attached hydrogens (tertiary/aromatic N) is 2. The summed E-state index contributed by atoms with van der Waals surface area (Å²) in [6, 6.07) is 16.9. The first-order valence-corrected chi connectivity index (χ1v) is 9.26. The lowest BCUT2D eigenvalue weighted by atomic mass is 10.1. The third-order valence-corrected chi connectivity index (χ3v) is 4.41. The zero-order valence-electron chi connectivity index (χ0n) is 16.2. The third-order valence-electron chi connectivity index (χ3n) is 4.41. The van der Waals surface area contributed by atoms with Gasteiger partial charge in [0.05, 0.1) is 13.7 Å². The molecule has 0 aliphatic carbocycles. The summed E-state index contributed by atoms with van der Waals surface area (Å²) in [5, 5.41) is 3.09. The molecule has 0 saturated heterocycles. The van der Waals surface area contributed by atoms with E-state index in [1.54, 1.807) is 13.3 Å². The van der Waals surface area contributed by atoms with Crippen LogP contribution in [0, 0.1) is 0 Å². The van der Waals surface area contributed by atoms with E-state index in [0.717, 1.165) is 22.9 Å². The highest BCUT2D eigenvalue weighted by atomic mass is 16.5. The molecule has 0 fully saturated rings. The number of aromatic nitrogens is 2. The van der Waals surface area contributed by atoms with Crippen LogP contribution >= 0.6 is 0 Å². The van der Waals surface area contributed by atoms with Crippen molar-refractivity contribution in [1.82, 2.24) is 14.9 Å². The number of methoxy groups -OCH3 is 1. The molecule has 0 saturated carbocycles. The van der Waals surface area contributed by atoms with Crippen molar-refractivity contribution in [2.75, 3.05) is 13.7 Å². The lowest BCUT2D eigenvalue weighted by Gasteiger charge is -2.20. The maximum Gasteiger partial charge on any atom is 0.220 e. The topological polar surface area (TPSA) is 65.4 Å². The monoisotopic (exact) mass is 379 g/mol. The zero-order chi connectivity index (χ0) is 19.8. The smallest absolute Gasteiger partial charge is 0.220 e. The van der Waals surface area contributed by atoms with E-state index in [4.69, 9.17) is 9.47 Å². The van der Waals surface area contributed by atoms with Gasteiger partial charge in [-0.15, -0.1) is 0 Å². The number of hydrogen-bond donors (Lipinski definition) is 1. The standard InChI is InChI=1S/C22H25N3O3/c1-25-14-13-23-22(25)21(17-8-6-11-19(16-17)27-2)24-20(26)12-7-15-28-18-9-4-3-5-10-18/h3-6,8-11,13-14,16,21H,7,12,15H2,1-2H3,(H,24,26). The van der Waals surface area contributed by atoms with E-state index in [2.05, 4.69) is 10.3 Å². The first kappa shape index (κ1) is 19.5. The number of carbonyl (C=O) groups excluding carboxylic acids is 1. The summed E-state index contributed by atoms with van der Waals surface area (Å²) in [4.78, 5) is 17.0. The summed E-state index contributed by atoms with van der Waals surface area (Å²) in [5.74, 6) is 2.27. The van der Waals surface area contributed by atoms with Gasteiger partial charge in [0.25, 0.3) is 0 Å². The summed E-state index contributed by atoms with van der Waals surface area (Å²) in [5.41, 5.74) is 0.919. The third kappa shape index (κ3) is 5.13. The highest BCUT2D eigenvalue weighted by molar-refractivity contribution is 5.76. The van der Waals surface area contributed by atoms with E-state index >= 15 is 0 Å². The predicted octanol–water partition coefficient (Wildman–Crippen LogP) is 3.49. The minimum atomic E-state index is -0.349. The van der Waals surface area contributed by atoms with E-state index < -0.39 is 0 Å². The maximum atomic E-state index is 12.6. The highest BCUT2D eigenvalue weighted by Crippen LogP contribution is 2.24. The van der Waals surface area contributed by atoms with Crippen LogP contribution in [0.1, 0.15) is 30.3 Å². The van der Waals surface area contributed by atoms with Gasteiger partial charge in [-0.1, -0.05) is 30.3 Å². The van der Waals surface area contributed by atoms with E-state index in [9.17, 15) is 4.79 Å². The average molecular weight is 379 g/mol. The Balaban J connectivity index is 1.62. The molecule has 6 heteroatoms. The molecule has 28 heavy (non-hydrogen) atoms. The quantitative estimate of drug-likeness (QED) is 0.578. The first-order valence-electron chi connectivity index (χ1n) is 9.26. The second-order valence-corrected chi connectivity index (χ2v) is 6.44. The number of nitrogens with one attached hydrogen (secondary N) is 1. The van der Waals surface area contributed by atoms with Crippen LogP contribution in [0.4, 0.5) is 0 Å². The van der Waals surface area contributed by atoms with Crippen molar-refractivity contribution in [3.63, 3.8) is 0 Å². The second kappa shape index (κ2) is 9.60. The molecule has 0 aliphatic heterocycles. The van der Waals surface area contributed by atoms with Crippen LogP contribution < -0.4 is 14.8 Å². The van der Waals surface area contributed by atoms with Gasteiger partial charge in [0.15, 0.2) is 0 Å². The Morgan fingerprint density at radius 2 is 1.93 bits per heavy atom. The molecule has 1 unspecified atom stereocenters. The molecular weight excluding hydrogens is 354 g/mol. The van der Waals surface area contributed by atoms with Crippen molar-refractivity contribution >= 4 is 5.91 Å². The van der Waals surface area contributed by atoms with Gasteiger partial charge in [-0.25, -0.2) is 4.98 Å². The number of aryl methyl sites for hydroxylation is 1. The Morgan fingerprint density at radius 1 is 1.14 bits per heavy atom. The number of amides is 1. The van der Waals surface area contributed by atoms with Crippen LogP contribution in [-0.4, -0.2) is 29.2 Å². The van der Waals surface area contributed by atoms with Crippen LogP contribution in [-0.2, 0) is 11.8 Å². The van der Waals surface area contributed by atoms with E-state index in [0.29, 0.717) is 19.4 Å². The van der Waals surface area contributed by atoms with Crippen molar-refractivity contribution in [1.29, 1.82) is 0 Å². The number of imidazole rings is 1. The second-order valence-electron chi connectivity index (χ2n) is 6.44. The molecule has 1 aromatic heterocycles. The van der Waals surface area contributed by atoms with Crippen LogP contribution in [0.2, 0.25) is 0 Å². The van der Waals surface area contributed by atoms with E-state index in [1.165, 1.54) is 0 Å². The summed E-state index contributed by atoms with van der Waals surface area (Å²) in [6.07, 6.45) is 4.59. The minimum Gasteiger partial charge on any atom is -0.497 e. The molecule has 1 amide bonds. The normalized spacial score (nSPS) is 11.6. The molecule has 1 atom stereocenters. The molecule has 1 heterocycles. The average Bonchev–Trinajstić information content (AvgIpc) is 3.16. The largest absolute Gasteiger partial charge is 0.497 e. The zero-order valence-corrected chi connectivity index (χ0v) is 16.2. The van der Waals surface area contributed by atoms with Crippen molar-refractivity contribution in [3.8, 4) is 11.5 Å². The van der Waals surface area contributed by atoms with Gasteiger partial charge in [0.1, 0.15) is 23.4 Å².